The third kappa shape index (κ3) is 5.14. The Kier molecular flexibility index (Phi) is 6.48. The molecule has 0 N–H and O–H groups in total. The first-order valence-electron chi connectivity index (χ1n) is 8.56. The molecular formula is C17H22N2O7. The quantitative estimate of drug-likeness (QED) is 0.597. The van der Waals surface area contributed by atoms with E-state index in [0.29, 0.717) is 30.0 Å². The predicted octanol–water partition coefficient (Wildman–Crippen LogP) is 1.38. The fraction of sp³-hybridized carbons (Fsp3) is 0.588. The largest absolute Gasteiger partial charge is 0.334 e. The summed E-state index contributed by atoms with van der Waals surface area (Å²) in [6.07, 6.45) is 1.87. The number of allylic oxidation sites excluding steroid dienone is 1. The number of rotatable bonds is 8. The molecule has 142 valence electrons. The van der Waals surface area contributed by atoms with E-state index in [1.165, 1.54) is 0 Å². The number of hydrogen-bond donors (Lipinski definition) is 0. The molecule has 2 heterocycles. The van der Waals surface area contributed by atoms with Crippen LogP contribution in [0, 0.1) is 5.92 Å². The lowest BCUT2D eigenvalue weighted by Gasteiger charge is -2.17. The standard InChI is InChI=1S/C17H22N2O7/c1-11(3-9-16(23)25-18-12(2)5-6-13(18)20)4-10-17(24)26-19-14(21)7-8-15(19)22/h11H,2-10H2,1H3. The van der Waals surface area contributed by atoms with Gasteiger partial charge in [0.15, 0.2) is 0 Å². The number of amides is 3. The molecule has 0 aliphatic carbocycles. The van der Waals surface area contributed by atoms with Crippen molar-refractivity contribution in [3.8, 4) is 0 Å². The second kappa shape index (κ2) is 8.59. The zero-order chi connectivity index (χ0) is 19.3. The van der Waals surface area contributed by atoms with Gasteiger partial charge in [-0.3, -0.25) is 14.4 Å². The summed E-state index contributed by atoms with van der Waals surface area (Å²) >= 11 is 0. The van der Waals surface area contributed by atoms with E-state index in [0.717, 1.165) is 5.06 Å². The molecule has 2 fully saturated rings. The number of hydroxylamine groups is 4. The summed E-state index contributed by atoms with van der Waals surface area (Å²) in [5.74, 6) is -2.51. The van der Waals surface area contributed by atoms with Crippen molar-refractivity contribution in [3.63, 3.8) is 0 Å². The third-order valence-corrected chi connectivity index (χ3v) is 4.22. The van der Waals surface area contributed by atoms with Gasteiger partial charge in [-0.05, 0) is 25.2 Å². The first kappa shape index (κ1) is 19.6. The van der Waals surface area contributed by atoms with Crippen molar-refractivity contribution >= 4 is 29.7 Å². The molecule has 0 aromatic carbocycles. The van der Waals surface area contributed by atoms with Crippen LogP contribution in [0.15, 0.2) is 12.3 Å². The Balaban J connectivity index is 1.64. The fourth-order valence-corrected chi connectivity index (χ4v) is 2.57. The van der Waals surface area contributed by atoms with Crippen LogP contribution in [0.1, 0.15) is 58.3 Å². The van der Waals surface area contributed by atoms with Crippen molar-refractivity contribution in [2.75, 3.05) is 0 Å². The van der Waals surface area contributed by atoms with E-state index in [1.54, 1.807) is 0 Å². The maximum atomic E-state index is 11.8. The van der Waals surface area contributed by atoms with Crippen LogP contribution >= 0.6 is 0 Å². The molecule has 0 radical (unpaired) electrons. The van der Waals surface area contributed by atoms with E-state index in [2.05, 4.69) is 6.58 Å². The Morgan fingerprint density at radius 2 is 1.31 bits per heavy atom. The molecule has 2 aliphatic heterocycles. The molecule has 0 bridgehead atoms. The zero-order valence-electron chi connectivity index (χ0n) is 14.7. The second-order valence-corrected chi connectivity index (χ2v) is 6.45. The zero-order valence-corrected chi connectivity index (χ0v) is 14.7. The summed E-state index contributed by atoms with van der Waals surface area (Å²) < 4.78 is 0. The highest BCUT2D eigenvalue weighted by atomic mass is 16.7. The van der Waals surface area contributed by atoms with Gasteiger partial charge < -0.3 is 9.68 Å². The van der Waals surface area contributed by atoms with Gasteiger partial charge in [0.25, 0.3) is 17.7 Å². The van der Waals surface area contributed by atoms with Crippen LogP contribution < -0.4 is 0 Å². The summed E-state index contributed by atoms with van der Waals surface area (Å²) in [5.41, 5.74) is 0.463. The number of hydrogen-bond acceptors (Lipinski definition) is 7. The van der Waals surface area contributed by atoms with Gasteiger partial charge in [0.2, 0.25) is 0 Å². The Morgan fingerprint density at radius 3 is 1.77 bits per heavy atom. The van der Waals surface area contributed by atoms with Crippen molar-refractivity contribution in [1.82, 2.24) is 10.1 Å². The topological polar surface area (TPSA) is 110 Å². The molecule has 2 saturated heterocycles. The molecule has 3 amide bonds. The average molecular weight is 366 g/mol. The minimum absolute atomic E-state index is 0.0116. The Labute approximate surface area is 150 Å². The van der Waals surface area contributed by atoms with Gasteiger partial charge in [-0.1, -0.05) is 13.5 Å². The van der Waals surface area contributed by atoms with E-state index in [1.807, 2.05) is 6.92 Å². The van der Waals surface area contributed by atoms with Crippen molar-refractivity contribution in [2.45, 2.75) is 58.3 Å². The van der Waals surface area contributed by atoms with Crippen LogP contribution in [-0.2, 0) is 33.6 Å². The first-order valence-corrected chi connectivity index (χ1v) is 8.56. The van der Waals surface area contributed by atoms with Gasteiger partial charge in [-0.2, -0.15) is 0 Å². The molecule has 0 aromatic rings. The maximum absolute atomic E-state index is 11.8. The molecule has 9 heteroatoms. The summed E-state index contributed by atoms with van der Waals surface area (Å²) in [6, 6.07) is 0. The van der Waals surface area contributed by atoms with E-state index in [-0.39, 0.29) is 43.9 Å². The minimum Gasteiger partial charge on any atom is -0.334 e. The SMILES string of the molecule is C=C1CCC(=O)N1OC(=O)CCC(C)CCC(=O)ON1C(=O)CCC1=O. The van der Waals surface area contributed by atoms with E-state index < -0.39 is 23.8 Å². The number of carbonyl (C=O) groups excluding carboxylic acids is 5. The molecule has 2 aliphatic rings. The Bertz CT molecular complexity index is 557. The van der Waals surface area contributed by atoms with Crippen LogP contribution in [0.5, 0.6) is 0 Å². The van der Waals surface area contributed by atoms with E-state index >= 15 is 0 Å². The average Bonchev–Trinajstić information content (AvgIpc) is 3.08. The van der Waals surface area contributed by atoms with Crippen molar-refractivity contribution < 1.29 is 33.6 Å². The van der Waals surface area contributed by atoms with Gasteiger partial charge >= 0.3 is 11.9 Å². The highest BCUT2D eigenvalue weighted by Gasteiger charge is 2.33. The summed E-state index contributed by atoms with van der Waals surface area (Å²) in [6.45, 7) is 5.51. The van der Waals surface area contributed by atoms with E-state index in [4.69, 9.17) is 9.68 Å². The van der Waals surface area contributed by atoms with Crippen LogP contribution in [0.3, 0.4) is 0 Å². The fourth-order valence-electron chi connectivity index (χ4n) is 2.57. The minimum atomic E-state index is -0.665. The van der Waals surface area contributed by atoms with Gasteiger partial charge in [0.1, 0.15) is 0 Å². The number of imide groups is 1. The molecular weight excluding hydrogens is 344 g/mol. The second-order valence-electron chi connectivity index (χ2n) is 6.45. The van der Waals surface area contributed by atoms with Crippen LogP contribution in [0.25, 0.3) is 0 Å². The molecule has 0 saturated carbocycles. The number of nitrogens with zero attached hydrogens (tertiary/aromatic N) is 2. The summed E-state index contributed by atoms with van der Waals surface area (Å²) in [5, 5.41) is 1.46. The van der Waals surface area contributed by atoms with Crippen molar-refractivity contribution in [3.05, 3.63) is 12.3 Å². The lowest BCUT2D eigenvalue weighted by Crippen LogP contribution is -2.32. The normalized spacial score (nSPS) is 18.5. The van der Waals surface area contributed by atoms with Gasteiger partial charge in [-0.15, -0.1) is 10.1 Å². The van der Waals surface area contributed by atoms with Gasteiger partial charge in [-0.25, -0.2) is 9.59 Å². The van der Waals surface area contributed by atoms with Gasteiger partial charge in [0.05, 0.1) is 5.70 Å². The maximum Gasteiger partial charge on any atom is 0.333 e. The Hall–Kier alpha value is -2.71. The van der Waals surface area contributed by atoms with Crippen LogP contribution in [0.2, 0.25) is 0 Å². The molecule has 1 atom stereocenters. The summed E-state index contributed by atoms with van der Waals surface area (Å²) in [4.78, 5) is 67.5. The smallest absolute Gasteiger partial charge is 0.333 e. The molecule has 2 rings (SSSR count). The van der Waals surface area contributed by atoms with E-state index in [9.17, 15) is 24.0 Å². The highest BCUT2D eigenvalue weighted by Crippen LogP contribution is 2.22. The molecule has 0 aromatic heterocycles. The first-order chi connectivity index (χ1) is 12.3. The van der Waals surface area contributed by atoms with Crippen molar-refractivity contribution in [2.24, 2.45) is 5.92 Å². The summed E-state index contributed by atoms with van der Waals surface area (Å²) in [7, 11) is 0. The monoisotopic (exact) mass is 366 g/mol. The van der Waals surface area contributed by atoms with Crippen LogP contribution in [0.4, 0.5) is 0 Å². The van der Waals surface area contributed by atoms with Crippen LogP contribution in [-0.4, -0.2) is 39.8 Å². The molecule has 0 spiro atoms. The molecule has 26 heavy (non-hydrogen) atoms. The number of carbonyl (C=O) groups is 5. The molecule has 9 nitrogen and oxygen atoms in total. The lowest BCUT2D eigenvalue weighted by atomic mass is 10.00. The molecule has 1 unspecified atom stereocenters. The lowest BCUT2D eigenvalue weighted by molar-refractivity contribution is -0.197. The third-order valence-electron chi connectivity index (χ3n) is 4.22. The highest BCUT2D eigenvalue weighted by molar-refractivity contribution is 6.01. The predicted molar refractivity (Wildman–Crippen MR) is 86.1 cm³/mol. The Morgan fingerprint density at radius 1 is 0.885 bits per heavy atom. The van der Waals surface area contributed by atoms with Gasteiger partial charge in [0, 0.05) is 32.1 Å². The van der Waals surface area contributed by atoms with Crippen molar-refractivity contribution in [1.29, 1.82) is 0 Å².